The molecule has 0 bridgehead atoms. The summed E-state index contributed by atoms with van der Waals surface area (Å²) in [5, 5.41) is 8.30. The molecule has 1 aromatic carbocycles. The predicted molar refractivity (Wildman–Crippen MR) is 120 cm³/mol. The monoisotopic (exact) mass is 407 g/mol. The van der Waals surface area contributed by atoms with Crippen LogP contribution in [0, 0.1) is 0 Å². The van der Waals surface area contributed by atoms with Crippen LogP contribution in [0.15, 0.2) is 55.3 Å². The van der Waals surface area contributed by atoms with E-state index in [1.54, 1.807) is 30.3 Å². The van der Waals surface area contributed by atoms with Gasteiger partial charge in [-0.25, -0.2) is 9.78 Å². The van der Waals surface area contributed by atoms with E-state index in [0.717, 1.165) is 24.5 Å². The molecule has 0 saturated carbocycles. The van der Waals surface area contributed by atoms with Crippen LogP contribution in [0.1, 0.15) is 41.6 Å². The summed E-state index contributed by atoms with van der Waals surface area (Å²) in [7, 11) is 0. The molecule has 3 N–H and O–H groups in total. The molecule has 3 amide bonds. The number of nitrogens with zero attached hydrogens (tertiary/aromatic N) is 2. The first-order valence-corrected chi connectivity index (χ1v) is 10.4. The summed E-state index contributed by atoms with van der Waals surface area (Å²) in [4.78, 5) is 30.9. The number of amides is 3. The van der Waals surface area contributed by atoms with Crippen molar-refractivity contribution in [2.45, 2.75) is 32.2 Å². The number of hydrogen-bond donors (Lipinski definition) is 3. The van der Waals surface area contributed by atoms with Gasteiger partial charge in [0.25, 0.3) is 5.91 Å². The molecule has 2 heterocycles. The number of aromatic nitrogens is 1. The van der Waals surface area contributed by atoms with Crippen molar-refractivity contribution in [2.24, 2.45) is 0 Å². The van der Waals surface area contributed by atoms with Crippen molar-refractivity contribution < 1.29 is 9.59 Å². The van der Waals surface area contributed by atoms with E-state index >= 15 is 0 Å². The fraction of sp³-hybridized carbons (Fsp3) is 0.348. The number of benzene rings is 1. The highest BCUT2D eigenvalue weighted by Gasteiger charge is 2.11. The molecule has 0 aliphatic carbocycles. The van der Waals surface area contributed by atoms with Crippen molar-refractivity contribution in [3.8, 4) is 0 Å². The van der Waals surface area contributed by atoms with Crippen LogP contribution in [-0.4, -0.2) is 36.6 Å². The van der Waals surface area contributed by atoms with Crippen LogP contribution in [0.25, 0.3) is 0 Å². The molecule has 1 aliphatic rings. The second-order valence-electron chi connectivity index (χ2n) is 7.31. The number of urea groups is 1. The maximum Gasteiger partial charge on any atom is 0.319 e. The Morgan fingerprint density at radius 1 is 1.00 bits per heavy atom. The van der Waals surface area contributed by atoms with Crippen LogP contribution in [0.5, 0.6) is 0 Å². The number of carbonyl (C=O) groups is 2. The summed E-state index contributed by atoms with van der Waals surface area (Å²) >= 11 is 0. The predicted octanol–water partition coefficient (Wildman–Crippen LogP) is 3.70. The lowest BCUT2D eigenvalue weighted by molar-refractivity contribution is 0.0958. The zero-order valence-electron chi connectivity index (χ0n) is 17.2. The minimum Gasteiger partial charge on any atom is -0.357 e. The van der Waals surface area contributed by atoms with E-state index in [2.05, 4.69) is 32.4 Å². The fourth-order valence-electron chi connectivity index (χ4n) is 3.34. The average Bonchev–Trinajstić information content (AvgIpc) is 3.06. The van der Waals surface area contributed by atoms with Gasteiger partial charge in [0.15, 0.2) is 0 Å². The maximum absolute atomic E-state index is 12.2. The average molecular weight is 408 g/mol. The quantitative estimate of drug-likeness (QED) is 0.611. The Morgan fingerprint density at radius 3 is 2.37 bits per heavy atom. The summed E-state index contributed by atoms with van der Waals surface area (Å²) in [6.45, 7) is 6.48. The van der Waals surface area contributed by atoms with Crippen molar-refractivity contribution in [3.63, 3.8) is 0 Å². The third kappa shape index (κ3) is 6.34. The van der Waals surface area contributed by atoms with E-state index in [1.807, 2.05) is 18.3 Å². The summed E-state index contributed by atoms with van der Waals surface area (Å²) < 4.78 is 0. The van der Waals surface area contributed by atoms with Gasteiger partial charge >= 0.3 is 6.03 Å². The second-order valence-corrected chi connectivity index (χ2v) is 7.31. The van der Waals surface area contributed by atoms with Crippen molar-refractivity contribution in [2.75, 3.05) is 29.9 Å². The molecule has 0 spiro atoms. The first-order chi connectivity index (χ1) is 14.7. The molecular formula is C23H29N5O2. The van der Waals surface area contributed by atoms with E-state index in [9.17, 15) is 9.59 Å². The van der Waals surface area contributed by atoms with Gasteiger partial charge in [-0.1, -0.05) is 25.0 Å². The lowest BCUT2D eigenvalue weighted by Gasteiger charge is -2.21. The first-order valence-electron chi connectivity index (χ1n) is 10.4. The number of hydrogen-bond acceptors (Lipinski definition) is 4. The molecule has 0 radical (unpaired) electrons. The van der Waals surface area contributed by atoms with Gasteiger partial charge in [0.05, 0.1) is 0 Å². The number of anilines is 2. The molecule has 1 fully saturated rings. The molecule has 158 valence electrons. The van der Waals surface area contributed by atoms with Crippen LogP contribution in [0.2, 0.25) is 0 Å². The van der Waals surface area contributed by atoms with Crippen molar-refractivity contribution in [1.82, 2.24) is 15.6 Å². The summed E-state index contributed by atoms with van der Waals surface area (Å²) in [5.74, 6) is 0.823. The molecule has 2 aromatic rings. The Hall–Kier alpha value is -3.35. The highest BCUT2D eigenvalue weighted by Crippen LogP contribution is 2.17. The van der Waals surface area contributed by atoms with E-state index in [4.69, 9.17) is 0 Å². The second kappa shape index (κ2) is 11.0. The van der Waals surface area contributed by atoms with Gasteiger partial charge in [-0.2, -0.15) is 0 Å². The van der Waals surface area contributed by atoms with Gasteiger partial charge in [0.1, 0.15) is 5.82 Å². The molecule has 0 atom stereocenters. The van der Waals surface area contributed by atoms with Gasteiger partial charge in [-0.3, -0.25) is 4.79 Å². The minimum atomic E-state index is -0.310. The first kappa shape index (κ1) is 21.4. The Labute approximate surface area is 177 Å². The summed E-state index contributed by atoms with van der Waals surface area (Å²) in [5.41, 5.74) is 2.08. The maximum atomic E-state index is 12.2. The molecule has 0 unspecified atom stereocenters. The van der Waals surface area contributed by atoms with Crippen LogP contribution >= 0.6 is 0 Å². The SMILES string of the molecule is C=CCNC(=O)c1ccc(NC(=O)NCc2ccc(N3CCCCCC3)nc2)cc1. The number of rotatable bonds is 7. The third-order valence-corrected chi connectivity index (χ3v) is 5.00. The molecule has 1 saturated heterocycles. The fourth-order valence-corrected chi connectivity index (χ4v) is 3.34. The van der Waals surface area contributed by atoms with Crippen molar-refractivity contribution >= 4 is 23.4 Å². The lowest BCUT2D eigenvalue weighted by atomic mass is 10.2. The lowest BCUT2D eigenvalue weighted by Crippen LogP contribution is -2.28. The van der Waals surface area contributed by atoms with Gasteiger partial charge in [-0.05, 0) is 48.7 Å². The van der Waals surface area contributed by atoms with Crippen LogP contribution in [0.4, 0.5) is 16.3 Å². The van der Waals surface area contributed by atoms with E-state index in [-0.39, 0.29) is 11.9 Å². The Kier molecular flexibility index (Phi) is 7.83. The number of pyridine rings is 1. The largest absolute Gasteiger partial charge is 0.357 e. The van der Waals surface area contributed by atoms with Gasteiger partial charge in [0.2, 0.25) is 0 Å². The molecule has 7 nitrogen and oxygen atoms in total. The zero-order valence-corrected chi connectivity index (χ0v) is 17.2. The smallest absolute Gasteiger partial charge is 0.319 e. The summed E-state index contributed by atoms with van der Waals surface area (Å²) in [6.07, 6.45) is 8.45. The molecule has 30 heavy (non-hydrogen) atoms. The van der Waals surface area contributed by atoms with Crippen molar-refractivity contribution in [3.05, 3.63) is 66.4 Å². The topological polar surface area (TPSA) is 86.4 Å². The van der Waals surface area contributed by atoms with E-state index in [0.29, 0.717) is 24.3 Å². The zero-order chi connectivity index (χ0) is 21.2. The molecule has 1 aliphatic heterocycles. The standard InChI is InChI=1S/C23H29N5O2/c1-2-13-24-22(29)19-8-10-20(11-9-19)27-23(30)26-17-18-7-12-21(25-16-18)28-14-5-3-4-6-15-28/h2,7-12,16H,1,3-6,13-15,17H2,(H,24,29)(H2,26,27,30). The number of nitrogens with one attached hydrogen (secondary N) is 3. The van der Waals surface area contributed by atoms with Crippen LogP contribution in [0.3, 0.4) is 0 Å². The molecule has 3 rings (SSSR count). The normalized spacial score (nSPS) is 13.8. The minimum absolute atomic E-state index is 0.179. The van der Waals surface area contributed by atoms with Crippen LogP contribution < -0.4 is 20.9 Å². The Morgan fingerprint density at radius 2 is 1.73 bits per heavy atom. The van der Waals surface area contributed by atoms with E-state index < -0.39 is 0 Å². The van der Waals surface area contributed by atoms with Gasteiger partial charge < -0.3 is 20.9 Å². The molecular weight excluding hydrogens is 378 g/mol. The third-order valence-electron chi connectivity index (χ3n) is 5.00. The van der Waals surface area contributed by atoms with E-state index in [1.165, 1.54) is 25.7 Å². The molecule has 7 heteroatoms. The number of carbonyl (C=O) groups excluding carboxylic acids is 2. The molecule has 1 aromatic heterocycles. The highest BCUT2D eigenvalue weighted by atomic mass is 16.2. The Balaban J connectivity index is 1.46. The van der Waals surface area contributed by atoms with Crippen molar-refractivity contribution in [1.29, 1.82) is 0 Å². The highest BCUT2D eigenvalue weighted by molar-refractivity contribution is 5.95. The van der Waals surface area contributed by atoms with Gasteiger partial charge in [0, 0.05) is 43.6 Å². The summed E-state index contributed by atoms with van der Waals surface area (Å²) in [6, 6.07) is 10.4. The van der Waals surface area contributed by atoms with Gasteiger partial charge in [-0.15, -0.1) is 6.58 Å². The van der Waals surface area contributed by atoms with Crippen LogP contribution in [-0.2, 0) is 6.54 Å². The Bertz CT molecular complexity index is 841.